The molecule has 0 radical (unpaired) electrons. The van der Waals surface area contributed by atoms with Crippen LogP contribution in [0.3, 0.4) is 0 Å². The molecule has 0 aliphatic heterocycles. The van der Waals surface area contributed by atoms with Gasteiger partial charge in [0.05, 0.1) is 19.2 Å². The number of hydrogen-bond acceptors (Lipinski definition) is 4. The van der Waals surface area contributed by atoms with Gasteiger partial charge in [-0.15, -0.1) is 0 Å². The topological polar surface area (TPSA) is 67.4 Å². The SMILES string of the molecule is COC(=O)c1ccccc1NCC(=O)NCCc1ccccc1F. The molecular formula is C18H19FN2O3. The molecule has 126 valence electrons. The molecule has 2 N–H and O–H groups in total. The van der Waals surface area contributed by atoms with Crippen LogP contribution in [0.5, 0.6) is 0 Å². The number of amides is 1. The van der Waals surface area contributed by atoms with E-state index in [2.05, 4.69) is 10.6 Å². The molecule has 1 amide bonds. The van der Waals surface area contributed by atoms with E-state index >= 15 is 0 Å². The van der Waals surface area contributed by atoms with Gasteiger partial charge in [0.2, 0.25) is 5.91 Å². The largest absolute Gasteiger partial charge is 0.465 e. The number of esters is 1. The number of benzene rings is 2. The number of carbonyl (C=O) groups excluding carboxylic acids is 2. The minimum absolute atomic E-state index is 0.00524. The molecule has 2 aromatic carbocycles. The minimum atomic E-state index is -0.474. The van der Waals surface area contributed by atoms with Crippen molar-refractivity contribution in [1.82, 2.24) is 5.32 Å². The maximum Gasteiger partial charge on any atom is 0.339 e. The molecule has 0 unspecified atom stereocenters. The number of carbonyl (C=O) groups is 2. The Kier molecular flexibility index (Phi) is 6.31. The summed E-state index contributed by atoms with van der Waals surface area (Å²) in [5.41, 5.74) is 1.44. The minimum Gasteiger partial charge on any atom is -0.465 e. The van der Waals surface area contributed by atoms with Crippen molar-refractivity contribution in [2.75, 3.05) is 25.5 Å². The van der Waals surface area contributed by atoms with Crippen LogP contribution in [0.1, 0.15) is 15.9 Å². The Hall–Kier alpha value is -2.89. The van der Waals surface area contributed by atoms with Crippen LogP contribution in [0.4, 0.5) is 10.1 Å². The highest BCUT2D eigenvalue weighted by atomic mass is 19.1. The second-order valence-corrected chi connectivity index (χ2v) is 5.08. The van der Waals surface area contributed by atoms with Gasteiger partial charge >= 0.3 is 5.97 Å². The lowest BCUT2D eigenvalue weighted by Crippen LogP contribution is -2.31. The van der Waals surface area contributed by atoms with Crippen LogP contribution in [0.2, 0.25) is 0 Å². The van der Waals surface area contributed by atoms with Gasteiger partial charge in [-0.1, -0.05) is 30.3 Å². The molecule has 0 aliphatic carbocycles. The number of nitrogens with one attached hydrogen (secondary N) is 2. The highest BCUT2D eigenvalue weighted by Crippen LogP contribution is 2.15. The van der Waals surface area contributed by atoms with Gasteiger partial charge < -0.3 is 15.4 Å². The van der Waals surface area contributed by atoms with Gasteiger partial charge in [-0.3, -0.25) is 4.79 Å². The number of halogens is 1. The second-order valence-electron chi connectivity index (χ2n) is 5.08. The highest BCUT2D eigenvalue weighted by Gasteiger charge is 2.11. The molecule has 6 heteroatoms. The molecule has 0 bridgehead atoms. The van der Waals surface area contributed by atoms with Gasteiger partial charge in [0.25, 0.3) is 0 Å². The van der Waals surface area contributed by atoms with Crippen LogP contribution in [0.25, 0.3) is 0 Å². The lowest BCUT2D eigenvalue weighted by molar-refractivity contribution is -0.119. The van der Waals surface area contributed by atoms with Gasteiger partial charge in [-0.05, 0) is 30.2 Å². The summed E-state index contributed by atoms with van der Waals surface area (Å²) < 4.78 is 18.2. The van der Waals surface area contributed by atoms with Crippen LogP contribution in [0, 0.1) is 5.82 Å². The van der Waals surface area contributed by atoms with E-state index in [0.717, 1.165) is 0 Å². The number of methoxy groups -OCH3 is 1. The van der Waals surface area contributed by atoms with E-state index in [1.54, 1.807) is 42.5 Å². The van der Waals surface area contributed by atoms with Crippen molar-refractivity contribution in [3.63, 3.8) is 0 Å². The van der Waals surface area contributed by atoms with Gasteiger partial charge in [0, 0.05) is 12.2 Å². The smallest absolute Gasteiger partial charge is 0.339 e. The fourth-order valence-corrected chi connectivity index (χ4v) is 2.20. The second kappa shape index (κ2) is 8.67. The van der Waals surface area contributed by atoms with E-state index in [0.29, 0.717) is 29.8 Å². The summed E-state index contributed by atoms with van der Waals surface area (Å²) in [6.45, 7) is 0.339. The quantitative estimate of drug-likeness (QED) is 0.765. The standard InChI is InChI=1S/C18H19FN2O3/c1-24-18(23)14-7-3-5-9-16(14)21-12-17(22)20-11-10-13-6-2-4-8-15(13)19/h2-9,21H,10-12H2,1H3,(H,20,22). The lowest BCUT2D eigenvalue weighted by atomic mass is 10.1. The first-order valence-corrected chi connectivity index (χ1v) is 7.53. The van der Waals surface area contributed by atoms with Crippen molar-refractivity contribution in [2.24, 2.45) is 0 Å². The maximum absolute atomic E-state index is 13.5. The van der Waals surface area contributed by atoms with Gasteiger partial charge in [-0.25, -0.2) is 9.18 Å². The molecule has 0 spiro atoms. The number of anilines is 1. The predicted molar refractivity (Wildman–Crippen MR) is 89.4 cm³/mol. The normalized spacial score (nSPS) is 10.1. The van der Waals surface area contributed by atoms with Crippen LogP contribution < -0.4 is 10.6 Å². The van der Waals surface area contributed by atoms with E-state index < -0.39 is 5.97 Å². The Morgan fingerprint density at radius 1 is 1.08 bits per heavy atom. The zero-order valence-corrected chi connectivity index (χ0v) is 13.3. The van der Waals surface area contributed by atoms with E-state index in [9.17, 15) is 14.0 Å². The molecule has 24 heavy (non-hydrogen) atoms. The molecule has 2 rings (SSSR count). The first kappa shape index (κ1) is 17.5. The Bertz CT molecular complexity index is 719. The van der Waals surface area contributed by atoms with Crippen LogP contribution in [0.15, 0.2) is 48.5 Å². The first-order chi connectivity index (χ1) is 11.6. The Balaban J connectivity index is 1.82. The Labute approximate surface area is 139 Å². The van der Waals surface area contributed by atoms with Gasteiger partial charge in [0.15, 0.2) is 0 Å². The van der Waals surface area contributed by atoms with Crippen molar-refractivity contribution < 1.29 is 18.7 Å². The number of para-hydroxylation sites is 1. The molecule has 0 atom stereocenters. The molecule has 0 saturated heterocycles. The van der Waals surface area contributed by atoms with Crippen molar-refractivity contribution in [3.05, 3.63) is 65.5 Å². The number of hydrogen-bond donors (Lipinski definition) is 2. The van der Waals surface area contributed by atoms with E-state index in [-0.39, 0.29) is 18.3 Å². The summed E-state index contributed by atoms with van der Waals surface area (Å²) in [6, 6.07) is 13.2. The third-order valence-electron chi connectivity index (χ3n) is 3.45. The molecule has 5 nitrogen and oxygen atoms in total. The zero-order chi connectivity index (χ0) is 17.4. The zero-order valence-electron chi connectivity index (χ0n) is 13.3. The summed E-state index contributed by atoms with van der Waals surface area (Å²) in [5.74, 6) is -0.999. The Morgan fingerprint density at radius 2 is 1.79 bits per heavy atom. The number of ether oxygens (including phenoxy) is 1. The molecule has 2 aromatic rings. The summed E-state index contributed by atoms with van der Waals surface area (Å²) in [7, 11) is 1.30. The maximum atomic E-state index is 13.5. The van der Waals surface area contributed by atoms with Crippen molar-refractivity contribution in [2.45, 2.75) is 6.42 Å². The van der Waals surface area contributed by atoms with E-state index in [1.807, 2.05) is 0 Å². The molecule has 0 aromatic heterocycles. The molecule has 0 aliphatic rings. The van der Waals surface area contributed by atoms with E-state index in [1.165, 1.54) is 13.2 Å². The molecule has 0 heterocycles. The van der Waals surface area contributed by atoms with Crippen molar-refractivity contribution >= 4 is 17.6 Å². The average Bonchev–Trinajstić information content (AvgIpc) is 2.61. The highest BCUT2D eigenvalue weighted by molar-refractivity contribution is 5.96. The summed E-state index contributed by atoms with van der Waals surface area (Å²) in [4.78, 5) is 23.5. The van der Waals surface area contributed by atoms with Crippen LogP contribution in [-0.2, 0) is 16.0 Å². The fraction of sp³-hybridized carbons (Fsp3) is 0.222. The van der Waals surface area contributed by atoms with Crippen molar-refractivity contribution in [3.8, 4) is 0 Å². The number of rotatable bonds is 7. The van der Waals surface area contributed by atoms with Crippen LogP contribution >= 0.6 is 0 Å². The molecule has 0 fully saturated rings. The third kappa shape index (κ3) is 4.81. The molecular weight excluding hydrogens is 311 g/mol. The van der Waals surface area contributed by atoms with E-state index in [4.69, 9.17) is 4.74 Å². The van der Waals surface area contributed by atoms with Crippen LogP contribution in [-0.4, -0.2) is 32.1 Å². The third-order valence-corrected chi connectivity index (χ3v) is 3.45. The summed E-state index contributed by atoms with van der Waals surface area (Å²) in [6.07, 6.45) is 0.414. The fourth-order valence-electron chi connectivity index (χ4n) is 2.20. The summed E-state index contributed by atoms with van der Waals surface area (Å²) in [5, 5.41) is 5.61. The predicted octanol–water partition coefficient (Wildman–Crippen LogP) is 2.38. The average molecular weight is 330 g/mol. The van der Waals surface area contributed by atoms with Gasteiger partial charge in [-0.2, -0.15) is 0 Å². The monoisotopic (exact) mass is 330 g/mol. The first-order valence-electron chi connectivity index (χ1n) is 7.53. The Morgan fingerprint density at radius 3 is 2.54 bits per heavy atom. The molecule has 0 saturated carbocycles. The summed E-state index contributed by atoms with van der Waals surface area (Å²) >= 11 is 0. The lowest BCUT2D eigenvalue weighted by Gasteiger charge is -2.11. The van der Waals surface area contributed by atoms with Gasteiger partial charge in [0.1, 0.15) is 5.82 Å². The van der Waals surface area contributed by atoms with Crippen molar-refractivity contribution in [1.29, 1.82) is 0 Å².